The number of para-hydroxylation sites is 1. The molecule has 2 aromatic rings. The van der Waals surface area contributed by atoms with E-state index in [1.807, 2.05) is 49.4 Å². The summed E-state index contributed by atoms with van der Waals surface area (Å²) in [4.78, 5) is 15.9. The van der Waals surface area contributed by atoms with Gasteiger partial charge in [0.15, 0.2) is 6.54 Å². The number of halogens is 1. The van der Waals surface area contributed by atoms with Crippen molar-refractivity contribution in [2.24, 2.45) is 0 Å². The van der Waals surface area contributed by atoms with Gasteiger partial charge in [0, 0.05) is 16.4 Å². The van der Waals surface area contributed by atoms with Gasteiger partial charge in [0.1, 0.15) is 0 Å². The van der Waals surface area contributed by atoms with Crippen LogP contribution in [0.1, 0.15) is 5.56 Å². The van der Waals surface area contributed by atoms with Crippen LogP contribution in [-0.4, -0.2) is 38.6 Å². The predicted molar refractivity (Wildman–Crippen MR) is 99.0 cm³/mol. The van der Waals surface area contributed by atoms with Gasteiger partial charge in [-0.3, -0.25) is 4.79 Å². The van der Waals surface area contributed by atoms with Crippen LogP contribution >= 0.6 is 11.6 Å². The van der Waals surface area contributed by atoms with Crippen LogP contribution in [0, 0.1) is 6.92 Å². The highest BCUT2D eigenvalue weighted by Gasteiger charge is 2.22. The van der Waals surface area contributed by atoms with Crippen molar-refractivity contribution in [2.45, 2.75) is 6.92 Å². The van der Waals surface area contributed by atoms with Crippen LogP contribution in [0.25, 0.3) is 0 Å². The Hall–Kier alpha value is -2.04. The number of carbonyl (C=O) groups is 1. The summed E-state index contributed by atoms with van der Waals surface area (Å²) >= 11 is 6.07. The number of piperazine rings is 1. The molecule has 1 amide bonds. The summed E-state index contributed by atoms with van der Waals surface area (Å²) in [5.74, 6) is 0.0792. The molecule has 1 aliphatic heterocycles. The van der Waals surface area contributed by atoms with Crippen LogP contribution < -0.4 is 15.1 Å². The second-order valence-electron chi connectivity index (χ2n) is 6.26. The van der Waals surface area contributed by atoms with Gasteiger partial charge in [-0.05, 0) is 36.8 Å². The molecule has 0 saturated carbocycles. The molecule has 0 aromatic heterocycles. The number of amides is 1. The van der Waals surface area contributed by atoms with Crippen molar-refractivity contribution in [1.29, 1.82) is 0 Å². The molecule has 1 saturated heterocycles. The Balaban J connectivity index is 1.50. The number of anilines is 2. The number of hydrogen-bond acceptors (Lipinski definition) is 2. The van der Waals surface area contributed by atoms with E-state index in [0.29, 0.717) is 6.54 Å². The molecule has 1 fully saturated rings. The normalized spacial score (nSPS) is 15.3. The first-order chi connectivity index (χ1) is 11.6. The minimum Gasteiger partial charge on any atom is -0.360 e. The average molecular weight is 345 g/mol. The molecule has 24 heavy (non-hydrogen) atoms. The quantitative estimate of drug-likeness (QED) is 0.890. The molecule has 0 atom stereocenters. The van der Waals surface area contributed by atoms with Gasteiger partial charge in [-0.2, -0.15) is 0 Å². The molecule has 0 aliphatic carbocycles. The molecule has 0 unspecified atom stereocenters. The van der Waals surface area contributed by atoms with Crippen LogP contribution in [0.3, 0.4) is 0 Å². The van der Waals surface area contributed by atoms with Crippen LogP contribution in [0.15, 0.2) is 48.5 Å². The standard InChI is InChI=1S/C19H22ClN3O/c1-15-5-2-3-8-18(15)21-19(24)14-22-9-11-23(12-10-22)17-7-4-6-16(20)13-17/h2-8,13H,9-12,14H2,1H3,(H,21,24)/p+1. The topological polar surface area (TPSA) is 36.8 Å². The highest BCUT2D eigenvalue weighted by molar-refractivity contribution is 6.30. The van der Waals surface area contributed by atoms with Gasteiger partial charge in [0.2, 0.25) is 0 Å². The van der Waals surface area contributed by atoms with Gasteiger partial charge in [-0.1, -0.05) is 35.9 Å². The lowest BCUT2D eigenvalue weighted by molar-refractivity contribution is -0.892. The summed E-state index contributed by atoms with van der Waals surface area (Å²) in [6, 6.07) is 15.8. The Morgan fingerprint density at radius 1 is 1.17 bits per heavy atom. The summed E-state index contributed by atoms with van der Waals surface area (Å²) < 4.78 is 0. The molecule has 2 aromatic carbocycles. The van der Waals surface area contributed by atoms with Crippen LogP contribution in [-0.2, 0) is 4.79 Å². The van der Waals surface area contributed by atoms with Crippen molar-refractivity contribution in [3.8, 4) is 0 Å². The summed E-state index contributed by atoms with van der Waals surface area (Å²) in [6.07, 6.45) is 0. The van der Waals surface area contributed by atoms with Crippen molar-refractivity contribution in [3.63, 3.8) is 0 Å². The number of nitrogens with one attached hydrogen (secondary N) is 2. The van der Waals surface area contributed by atoms with Crippen LogP contribution in [0.4, 0.5) is 11.4 Å². The van der Waals surface area contributed by atoms with Gasteiger partial charge in [0.05, 0.1) is 26.2 Å². The summed E-state index contributed by atoms with van der Waals surface area (Å²) in [5.41, 5.74) is 3.15. The molecule has 2 N–H and O–H groups in total. The number of rotatable bonds is 4. The lowest BCUT2D eigenvalue weighted by Crippen LogP contribution is -3.15. The fourth-order valence-electron chi connectivity index (χ4n) is 3.07. The average Bonchev–Trinajstić information content (AvgIpc) is 2.58. The lowest BCUT2D eigenvalue weighted by atomic mass is 10.2. The van der Waals surface area contributed by atoms with Gasteiger partial charge < -0.3 is 15.1 Å². The number of aryl methyl sites for hydroxylation is 1. The zero-order valence-corrected chi connectivity index (χ0v) is 14.6. The van der Waals surface area contributed by atoms with E-state index in [-0.39, 0.29) is 5.91 Å². The van der Waals surface area contributed by atoms with Gasteiger partial charge in [0.25, 0.3) is 5.91 Å². The van der Waals surface area contributed by atoms with Crippen molar-refractivity contribution in [3.05, 3.63) is 59.1 Å². The summed E-state index contributed by atoms with van der Waals surface area (Å²) in [6.45, 7) is 6.30. The van der Waals surface area contributed by atoms with E-state index < -0.39 is 0 Å². The van der Waals surface area contributed by atoms with Crippen molar-refractivity contribution in [1.82, 2.24) is 0 Å². The van der Waals surface area contributed by atoms with Crippen LogP contribution in [0.5, 0.6) is 0 Å². The fourth-order valence-corrected chi connectivity index (χ4v) is 3.25. The molecule has 0 bridgehead atoms. The molecule has 5 heteroatoms. The minimum absolute atomic E-state index is 0.0792. The summed E-state index contributed by atoms with van der Waals surface area (Å²) in [7, 11) is 0. The molecule has 0 spiro atoms. The van der Waals surface area contributed by atoms with Crippen molar-refractivity contribution >= 4 is 28.9 Å². The maximum Gasteiger partial charge on any atom is 0.279 e. The summed E-state index contributed by atoms with van der Waals surface area (Å²) in [5, 5.41) is 3.78. The fraction of sp³-hybridized carbons (Fsp3) is 0.316. The van der Waals surface area contributed by atoms with Gasteiger partial charge in [-0.25, -0.2) is 0 Å². The van der Waals surface area contributed by atoms with E-state index in [0.717, 1.165) is 48.1 Å². The third kappa shape index (κ3) is 4.28. The second-order valence-corrected chi connectivity index (χ2v) is 6.69. The first-order valence-corrected chi connectivity index (χ1v) is 8.69. The van der Waals surface area contributed by atoms with E-state index in [1.165, 1.54) is 4.90 Å². The largest absolute Gasteiger partial charge is 0.360 e. The SMILES string of the molecule is Cc1ccccc1NC(=O)C[NH+]1CCN(c2cccc(Cl)c2)CC1. The number of benzene rings is 2. The molecule has 1 aliphatic rings. The molecular formula is C19H23ClN3O+. The predicted octanol–water partition coefficient (Wildman–Crippen LogP) is 1.99. The smallest absolute Gasteiger partial charge is 0.279 e. The zero-order valence-electron chi connectivity index (χ0n) is 13.9. The van der Waals surface area contributed by atoms with E-state index in [2.05, 4.69) is 16.3 Å². The Kier molecular flexibility index (Phi) is 5.38. The van der Waals surface area contributed by atoms with E-state index in [9.17, 15) is 4.79 Å². The van der Waals surface area contributed by atoms with Crippen molar-refractivity contribution in [2.75, 3.05) is 42.9 Å². The first-order valence-electron chi connectivity index (χ1n) is 8.31. The Morgan fingerprint density at radius 2 is 1.92 bits per heavy atom. The number of quaternary nitrogens is 1. The highest BCUT2D eigenvalue weighted by Crippen LogP contribution is 2.19. The maximum absolute atomic E-state index is 12.3. The Bertz CT molecular complexity index is 711. The van der Waals surface area contributed by atoms with Crippen molar-refractivity contribution < 1.29 is 9.69 Å². The number of hydrogen-bond donors (Lipinski definition) is 2. The van der Waals surface area contributed by atoms with E-state index >= 15 is 0 Å². The monoisotopic (exact) mass is 344 g/mol. The third-order valence-corrected chi connectivity index (χ3v) is 4.71. The van der Waals surface area contributed by atoms with Crippen LogP contribution in [0.2, 0.25) is 5.02 Å². The Morgan fingerprint density at radius 3 is 2.62 bits per heavy atom. The zero-order chi connectivity index (χ0) is 16.9. The Labute approximate surface area is 148 Å². The molecular weight excluding hydrogens is 322 g/mol. The number of nitrogens with zero attached hydrogens (tertiary/aromatic N) is 1. The highest BCUT2D eigenvalue weighted by atomic mass is 35.5. The number of carbonyl (C=O) groups excluding carboxylic acids is 1. The maximum atomic E-state index is 12.3. The lowest BCUT2D eigenvalue weighted by Gasteiger charge is -2.33. The minimum atomic E-state index is 0.0792. The molecule has 4 nitrogen and oxygen atoms in total. The van der Waals surface area contributed by atoms with Gasteiger partial charge in [-0.15, -0.1) is 0 Å². The molecule has 1 heterocycles. The molecule has 3 rings (SSSR count). The first kappa shape index (κ1) is 16.8. The van der Waals surface area contributed by atoms with Gasteiger partial charge >= 0.3 is 0 Å². The van der Waals surface area contributed by atoms with E-state index in [4.69, 9.17) is 11.6 Å². The second kappa shape index (κ2) is 7.69. The van der Waals surface area contributed by atoms with E-state index in [1.54, 1.807) is 0 Å². The third-order valence-electron chi connectivity index (χ3n) is 4.47. The molecule has 0 radical (unpaired) electrons. The molecule has 126 valence electrons.